The fourth-order valence-corrected chi connectivity index (χ4v) is 3.92. The maximum atomic E-state index is 6.35. The van der Waals surface area contributed by atoms with Crippen molar-refractivity contribution in [2.24, 2.45) is 4.99 Å². The van der Waals surface area contributed by atoms with E-state index in [1.165, 1.54) is 33.4 Å². The van der Waals surface area contributed by atoms with Crippen molar-refractivity contribution >= 4 is 5.71 Å². The Morgan fingerprint density at radius 1 is 1.03 bits per heavy atom. The lowest BCUT2D eigenvalue weighted by molar-refractivity contribution is 0.298. The van der Waals surface area contributed by atoms with Crippen molar-refractivity contribution < 1.29 is 4.74 Å². The van der Waals surface area contributed by atoms with Gasteiger partial charge in [0.1, 0.15) is 5.75 Å². The monoisotopic (exact) mass is 419 g/mol. The van der Waals surface area contributed by atoms with Gasteiger partial charge in [-0.15, -0.1) is 0 Å². The first-order valence-electron chi connectivity index (χ1n) is 11.5. The van der Waals surface area contributed by atoms with Crippen molar-refractivity contribution in [3.63, 3.8) is 0 Å². The van der Waals surface area contributed by atoms with E-state index < -0.39 is 0 Å². The van der Waals surface area contributed by atoms with Crippen LogP contribution in [0.3, 0.4) is 0 Å². The molecule has 2 heteroatoms. The Bertz CT molecular complexity index is 957. The van der Waals surface area contributed by atoms with Crippen molar-refractivity contribution in [2.75, 3.05) is 6.61 Å². The van der Waals surface area contributed by atoms with Crippen molar-refractivity contribution in [1.29, 1.82) is 0 Å². The van der Waals surface area contributed by atoms with Gasteiger partial charge in [0.15, 0.2) is 0 Å². The van der Waals surface area contributed by atoms with E-state index in [-0.39, 0.29) is 5.41 Å². The lowest BCUT2D eigenvalue weighted by atomic mass is 9.84. The summed E-state index contributed by atoms with van der Waals surface area (Å²) in [4.78, 5) is 4.79. The Balaban J connectivity index is 2.04. The van der Waals surface area contributed by atoms with E-state index in [2.05, 4.69) is 99.2 Å². The van der Waals surface area contributed by atoms with Gasteiger partial charge in [0, 0.05) is 11.4 Å². The van der Waals surface area contributed by atoms with Crippen molar-refractivity contribution in [2.45, 2.75) is 86.5 Å². The average Bonchev–Trinajstić information content (AvgIpc) is 2.66. The summed E-state index contributed by atoms with van der Waals surface area (Å²) in [7, 11) is 0. The van der Waals surface area contributed by atoms with Gasteiger partial charge in [0.2, 0.25) is 0 Å². The molecule has 0 aliphatic carbocycles. The molecule has 0 radical (unpaired) electrons. The molecule has 2 aromatic rings. The second-order valence-corrected chi connectivity index (χ2v) is 10.1. The quantitative estimate of drug-likeness (QED) is 0.312. The fraction of sp³-hybridized carbons (Fsp3) is 0.483. The number of nitrogens with zero attached hydrogens (tertiary/aromatic N) is 1. The second-order valence-electron chi connectivity index (χ2n) is 10.1. The van der Waals surface area contributed by atoms with Crippen molar-refractivity contribution in [3.8, 4) is 5.75 Å². The van der Waals surface area contributed by atoms with E-state index in [0.29, 0.717) is 12.5 Å². The average molecular weight is 420 g/mol. The lowest BCUT2D eigenvalue weighted by Gasteiger charge is -2.26. The van der Waals surface area contributed by atoms with E-state index in [9.17, 15) is 0 Å². The highest BCUT2D eigenvalue weighted by Crippen LogP contribution is 2.37. The van der Waals surface area contributed by atoms with Gasteiger partial charge >= 0.3 is 0 Å². The molecule has 0 aromatic heterocycles. The number of hydrogen-bond donors (Lipinski definition) is 0. The number of para-hydroxylation sites is 1. The zero-order valence-electron chi connectivity index (χ0n) is 21.1. The number of benzene rings is 2. The minimum absolute atomic E-state index is 0.0509. The molecular weight excluding hydrogens is 378 g/mol. The van der Waals surface area contributed by atoms with Crippen LogP contribution in [0.1, 0.15) is 93.7 Å². The predicted molar refractivity (Wildman–Crippen MR) is 136 cm³/mol. The van der Waals surface area contributed by atoms with Crippen LogP contribution < -0.4 is 4.74 Å². The molecule has 0 bridgehead atoms. The summed E-state index contributed by atoms with van der Waals surface area (Å²) in [6, 6.07) is 11.0. The van der Waals surface area contributed by atoms with Gasteiger partial charge in [-0.3, -0.25) is 4.99 Å². The second kappa shape index (κ2) is 10.3. The van der Waals surface area contributed by atoms with Gasteiger partial charge in [-0.05, 0) is 91.3 Å². The maximum Gasteiger partial charge on any atom is 0.126 e. The van der Waals surface area contributed by atoms with Gasteiger partial charge in [-0.2, -0.15) is 0 Å². The Morgan fingerprint density at radius 3 is 2.29 bits per heavy atom. The number of aliphatic imine (C=N–C) groups is 1. The first kappa shape index (κ1) is 24.9. The molecule has 31 heavy (non-hydrogen) atoms. The molecule has 0 fully saturated rings. The molecular formula is C29H41NO. The van der Waals surface area contributed by atoms with Gasteiger partial charge in [-0.1, -0.05) is 65.5 Å². The van der Waals surface area contributed by atoms with Gasteiger partial charge < -0.3 is 4.74 Å². The van der Waals surface area contributed by atoms with E-state index >= 15 is 0 Å². The van der Waals surface area contributed by atoms with E-state index in [1.54, 1.807) is 0 Å². The van der Waals surface area contributed by atoms with E-state index in [0.717, 1.165) is 30.0 Å². The molecule has 0 atom stereocenters. The molecule has 0 heterocycles. The molecule has 0 saturated heterocycles. The highest BCUT2D eigenvalue weighted by molar-refractivity contribution is 6.00. The molecule has 2 rings (SSSR count). The molecule has 0 spiro atoms. The van der Waals surface area contributed by atoms with Crippen LogP contribution in [0.25, 0.3) is 0 Å². The Hall–Kier alpha value is -2.35. The van der Waals surface area contributed by atoms with Crippen LogP contribution in [-0.4, -0.2) is 12.3 Å². The Morgan fingerprint density at radius 2 is 1.68 bits per heavy atom. The highest BCUT2D eigenvalue weighted by atomic mass is 16.5. The third-order valence-corrected chi connectivity index (χ3v) is 5.89. The SMILES string of the molecule is C=C(CCCOc1c(C(C)C)cccc1C(C)(C)C)N=C(C)c1cc(C)c(C)cc1C. The molecule has 2 aromatic carbocycles. The molecule has 0 saturated carbocycles. The summed E-state index contributed by atoms with van der Waals surface area (Å²) >= 11 is 0. The van der Waals surface area contributed by atoms with Crippen molar-refractivity contribution in [1.82, 2.24) is 0 Å². The summed E-state index contributed by atoms with van der Waals surface area (Å²) in [5.41, 5.74) is 9.64. The van der Waals surface area contributed by atoms with E-state index in [4.69, 9.17) is 9.73 Å². The number of allylic oxidation sites excluding steroid dienone is 1. The van der Waals surface area contributed by atoms with Crippen LogP contribution in [0, 0.1) is 20.8 Å². The minimum Gasteiger partial charge on any atom is -0.493 e. The molecule has 0 unspecified atom stereocenters. The fourth-order valence-electron chi connectivity index (χ4n) is 3.92. The summed E-state index contributed by atoms with van der Waals surface area (Å²) < 4.78 is 6.35. The smallest absolute Gasteiger partial charge is 0.126 e. The van der Waals surface area contributed by atoms with Gasteiger partial charge in [0.25, 0.3) is 0 Å². The van der Waals surface area contributed by atoms with Gasteiger partial charge in [0.05, 0.1) is 6.61 Å². The molecule has 0 amide bonds. The van der Waals surface area contributed by atoms with Crippen LogP contribution in [0.4, 0.5) is 0 Å². The molecule has 168 valence electrons. The highest BCUT2D eigenvalue weighted by Gasteiger charge is 2.22. The van der Waals surface area contributed by atoms with Crippen molar-refractivity contribution in [3.05, 3.63) is 76.0 Å². The van der Waals surface area contributed by atoms with Crippen LogP contribution in [-0.2, 0) is 5.41 Å². The largest absolute Gasteiger partial charge is 0.493 e. The third kappa shape index (κ3) is 6.56. The zero-order valence-corrected chi connectivity index (χ0v) is 21.1. The summed E-state index contributed by atoms with van der Waals surface area (Å²) in [5, 5.41) is 0. The summed E-state index contributed by atoms with van der Waals surface area (Å²) in [5.74, 6) is 1.49. The number of hydrogen-bond acceptors (Lipinski definition) is 2. The van der Waals surface area contributed by atoms with Crippen LogP contribution in [0.5, 0.6) is 5.75 Å². The van der Waals surface area contributed by atoms with Gasteiger partial charge in [-0.25, -0.2) is 0 Å². The van der Waals surface area contributed by atoms with Crippen LogP contribution in [0.2, 0.25) is 0 Å². The number of ether oxygens (including phenoxy) is 1. The first-order chi connectivity index (χ1) is 14.4. The zero-order chi connectivity index (χ0) is 23.3. The lowest BCUT2D eigenvalue weighted by Crippen LogP contribution is -2.15. The molecule has 0 N–H and O–H groups in total. The molecule has 0 aliphatic rings. The topological polar surface area (TPSA) is 21.6 Å². The third-order valence-electron chi connectivity index (χ3n) is 5.89. The van der Waals surface area contributed by atoms with E-state index in [1.807, 2.05) is 0 Å². The summed E-state index contributed by atoms with van der Waals surface area (Å²) in [6.07, 6.45) is 1.73. The molecule has 0 aliphatic heterocycles. The van der Waals surface area contributed by atoms with Crippen LogP contribution >= 0.6 is 0 Å². The summed E-state index contributed by atoms with van der Waals surface area (Å²) in [6.45, 7) is 24.6. The Kier molecular flexibility index (Phi) is 8.28. The van der Waals surface area contributed by atoms with Crippen LogP contribution in [0.15, 0.2) is 47.6 Å². The first-order valence-corrected chi connectivity index (χ1v) is 11.5. The minimum atomic E-state index is 0.0509. The number of rotatable bonds is 8. The standard InChI is InChI=1S/C29H41NO/c1-19(2)25-14-11-15-27(29(8,9)10)28(25)31-16-12-13-23(6)30-24(7)26-18-21(4)20(3)17-22(26)5/h11,14-15,17-19H,6,12-13,16H2,1-5,7-10H3. The molecule has 2 nitrogen and oxygen atoms in total. The predicted octanol–water partition coefficient (Wildman–Crippen LogP) is 8.21. The normalized spacial score (nSPS) is 12.4. The maximum absolute atomic E-state index is 6.35. The Labute approximate surface area is 190 Å². The number of aryl methyl sites for hydroxylation is 3.